The van der Waals surface area contributed by atoms with Gasteiger partial charge in [-0.1, -0.05) is 121 Å². The van der Waals surface area contributed by atoms with Gasteiger partial charge in [0.05, 0.1) is 0 Å². The van der Waals surface area contributed by atoms with E-state index in [0.717, 1.165) is 22.2 Å². The van der Waals surface area contributed by atoms with Crippen molar-refractivity contribution in [2.45, 2.75) is 0 Å². The van der Waals surface area contributed by atoms with Crippen LogP contribution in [-0.2, 0) is 0 Å². The van der Waals surface area contributed by atoms with E-state index in [0.29, 0.717) is 5.89 Å². The Labute approximate surface area is 250 Å². The predicted molar refractivity (Wildman–Crippen MR) is 179 cm³/mol. The Bertz CT molecular complexity index is 2170. The van der Waals surface area contributed by atoms with E-state index in [-0.39, 0.29) is 0 Å². The van der Waals surface area contributed by atoms with Crippen LogP contribution in [-0.4, -0.2) is 4.98 Å². The number of rotatable bonds is 5. The highest BCUT2D eigenvalue weighted by Gasteiger charge is 2.11. The summed E-state index contributed by atoms with van der Waals surface area (Å²) >= 11 is 0. The monoisotopic (exact) mass is 549 g/mol. The topological polar surface area (TPSA) is 26.0 Å². The Morgan fingerprint density at radius 3 is 1.60 bits per heavy atom. The quantitative estimate of drug-likeness (QED) is 0.213. The minimum absolute atomic E-state index is 0.637. The molecule has 2 nitrogen and oxygen atoms in total. The Kier molecular flexibility index (Phi) is 6.16. The lowest BCUT2D eigenvalue weighted by atomic mass is 9.92. The summed E-state index contributed by atoms with van der Waals surface area (Å²) in [5.41, 5.74) is 12.2. The average Bonchev–Trinajstić information content (AvgIpc) is 3.53. The van der Waals surface area contributed by atoms with Crippen LogP contribution >= 0.6 is 0 Å². The molecule has 202 valence electrons. The van der Waals surface area contributed by atoms with E-state index in [1.165, 1.54) is 49.7 Å². The van der Waals surface area contributed by atoms with Gasteiger partial charge in [0.2, 0.25) is 5.89 Å². The molecule has 0 saturated carbocycles. The summed E-state index contributed by atoms with van der Waals surface area (Å²) in [7, 11) is 0. The molecule has 0 fully saturated rings. The van der Waals surface area contributed by atoms with Crippen molar-refractivity contribution in [3.05, 3.63) is 164 Å². The van der Waals surface area contributed by atoms with Crippen molar-refractivity contribution in [1.29, 1.82) is 0 Å². The smallest absolute Gasteiger partial charge is 0.227 e. The SMILES string of the molecule is c1ccc(-c2cc(-c3ccc(-c4nc5ccccc5o4)cc3)cc(-c3ccc(-c4cccc5ccccc45)cc3)c2)cc1. The van der Waals surface area contributed by atoms with E-state index < -0.39 is 0 Å². The van der Waals surface area contributed by atoms with Crippen molar-refractivity contribution in [3.8, 4) is 56.0 Å². The van der Waals surface area contributed by atoms with Crippen molar-refractivity contribution in [3.63, 3.8) is 0 Å². The molecule has 0 N–H and O–H groups in total. The van der Waals surface area contributed by atoms with Gasteiger partial charge >= 0.3 is 0 Å². The van der Waals surface area contributed by atoms with Crippen molar-refractivity contribution >= 4 is 21.9 Å². The van der Waals surface area contributed by atoms with E-state index >= 15 is 0 Å². The zero-order chi connectivity index (χ0) is 28.6. The third kappa shape index (κ3) is 4.79. The molecule has 0 aliphatic rings. The number of benzene rings is 7. The zero-order valence-electron chi connectivity index (χ0n) is 23.4. The first kappa shape index (κ1) is 25.0. The molecule has 0 saturated heterocycles. The van der Waals surface area contributed by atoms with Crippen molar-refractivity contribution < 1.29 is 4.42 Å². The van der Waals surface area contributed by atoms with Crippen LogP contribution in [0, 0.1) is 0 Å². The molecule has 0 radical (unpaired) electrons. The highest BCUT2D eigenvalue weighted by atomic mass is 16.3. The number of oxazole rings is 1. The van der Waals surface area contributed by atoms with Crippen LogP contribution in [0.3, 0.4) is 0 Å². The van der Waals surface area contributed by atoms with Crippen LogP contribution in [0.15, 0.2) is 168 Å². The average molecular weight is 550 g/mol. The molecule has 43 heavy (non-hydrogen) atoms. The molecule has 0 spiro atoms. The van der Waals surface area contributed by atoms with Gasteiger partial charge in [-0.3, -0.25) is 0 Å². The van der Waals surface area contributed by atoms with Gasteiger partial charge in [0.1, 0.15) is 5.52 Å². The van der Waals surface area contributed by atoms with Crippen LogP contribution in [0.1, 0.15) is 0 Å². The number of para-hydroxylation sites is 2. The molecular formula is C41H27NO. The summed E-state index contributed by atoms with van der Waals surface area (Å²) in [5.74, 6) is 0.637. The van der Waals surface area contributed by atoms with Gasteiger partial charge in [0.25, 0.3) is 0 Å². The van der Waals surface area contributed by atoms with Gasteiger partial charge in [-0.05, 0) is 97.7 Å². The number of hydrogen-bond donors (Lipinski definition) is 0. The molecule has 8 aromatic rings. The maximum atomic E-state index is 6.01. The van der Waals surface area contributed by atoms with Gasteiger partial charge in [-0.25, -0.2) is 4.98 Å². The molecule has 8 rings (SSSR count). The van der Waals surface area contributed by atoms with Gasteiger partial charge in [-0.15, -0.1) is 0 Å². The normalized spacial score (nSPS) is 11.3. The molecule has 2 heteroatoms. The van der Waals surface area contributed by atoms with Gasteiger partial charge in [0, 0.05) is 5.56 Å². The van der Waals surface area contributed by atoms with Crippen molar-refractivity contribution in [2.24, 2.45) is 0 Å². The Hall–Kier alpha value is -5.73. The molecule has 0 amide bonds. The predicted octanol–water partition coefficient (Wildman–Crippen LogP) is 11.3. The number of aromatic nitrogens is 1. The Morgan fingerprint density at radius 1 is 0.372 bits per heavy atom. The molecule has 0 bridgehead atoms. The van der Waals surface area contributed by atoms with E-state index in [2.05, 4.69) is 145 Å². The minimum Gasteiger partial charge on any atom is -0.436 e. The number of nitrogens with zero attached hydrogens (tertiary/aromatic N) is 1. The second kappa shape index (κ2) is 10.6. The minimum atomic E-state index is 0.637. The van der Waals surface area contributed by atoms with E-state index in [1.807, 2.05) is 24.3 Å². The van der Waals surface area contributed by atoms with Gasteiger partial charge in [-0.2, -0.15) is 0 Å². The Morgan fingerprint density at radius 2 is 0.907 bits per heavy atom. The van der Waals surface area contributed by atoms with Crippen molar-refractivity contribution in [2.75, 3.05) is 0 Å². The van der Waals surface area contributed by atoms with Gasteiger partial charge in [0.15, 0.2) is 5.58 Å². The van der Waals surface area contributed by atoms with Crippen molar-refractivity contribution in [1.82, 2.24) is 4.98 Å². The second-order valence-electron chi connectivity index (χ2n) is 10.8. The lowest BCUT2D eigenvalue weighted by Crippen LogP contribution is -1.87. The van der Waals surface area contributed by atoms with Crippen LogP contribution in [0.4, 0.5) is 0 Å². The summed E-state index contributed by atoms with van der Waals surface area (Å²) < 4.78 is 6.01. The molecule has 1 aromatic heterocycles. The van der Waals surface area contributed by atoms with Crippen LogP contribution in [0.5, 0.6) is 0 Å². The molecule has 0 aliphatic heterocycles. The zero-order valence-corrected chi connectivity index (χ0v) is 23.4. The molecule has 1 heterocycles. The summed E-state index contributed by atoms with van der Waals surface area (Å²) in [4.78, 5) is 4.67. The largest absolute Gasteiger partial charge is 0.436 e. The lowest BCUT2D eigenvalue weighted by Gasteiger charge is -2.13. The Balaban J connectivity index is 1.18. The lowest BCUT2D eigenvalue weighted by molar-refractivity contribution is 0.620. The third-order valence-corrected chi connectivity index (χ3v) is 8.12. The van der Waals surface area contributed by atoms with Crippen LogP contribution < -0.4 is 0 Å². The maximum absolute atomic E-state index is 6.01. The number of hydrogen-bond acceptors (Lipinski definition) is 2. The first-order valence-electron chi connectivity index (χ1n) is 14.5. The van der Waals surface area contributed by atoms with E-state index in [9.17, 15) is 0 Å². The molecule has 0 atom stereocenters. The molecule has 7 aromatic carbocycles. The van der Waals surface area contributed by atoms with Gasteiger partial charge < -0.3 is 4.42 Å². The number of fused-ring (bicyclic) bond motifs is 2. The highest BCUT2D eigenvalue weighted by molar-refractivity contribution is 5.97. The van der Waals surface area contributed by atoms with E-state index in [1.54, 1.807) is 0 Å². The standard InChI is InChI=1S/C41H27NO/c1-2-9-28(10-3-1)34-25-35(29-17-21-32(22-18-29)38-14-8-12-31-11-4-5-13-37(31)38)27-36(26-34)30-19-23-33(24-20-30)41-42-39-15-6-7-16-40(39)43-41/h1-27H. The fourth-order valence-electron chi connectivity index (χ4n) is 5.88. The molecule has 0 aliphatic carbocycles. The fraction of sp³-hybridized carbons (Fsp3) is 0. The first-order valence-corrected chi connectivity index (χ1v) is 14.5. The molecule has 0 unspecified atom stereocenters. The fourth-order valence-corrected chi connectivity index (χ4v) is 5.88. The highest BCUT2D eigenvalue weighted by Crippen LogP contribution is 2.36. The van der Waals surface area contributed by atoms with Crippen LogP contribution in [0.25, 0.3) is 77.8 Å². The summed E-state index contributed by atoms with van der Waals surface area (Å²) in [6.07, 6.45) is 0. The second-order valence-corrected chi connectivity index (χ2v) is 10.8. The maximum Gasteiger partial charge on any atom is 0.227 e. The first-order chi connectivity index (χ1) is 21.3. The third-order valence-electron chi connectivity index (χ3n) is 8.12. The molecular weight excluding hydrogens is 522 g/mol. The summed E-state index contributed by atoms with van der Waals surface area (Å²) in [6.45, 7) is 0. The van der Waals surface area contributed by atoms with Crippen LogP contribution in [0.2, 0.25) is 0 Å². The summed E-state index contributed by atoms with van der Waals surface area (Å²) in [5, 5.41) is 2.53. The summed E-state index contributed by atoms with van der Waals surface area (Å²) in [6, 6.07) is 57.8. The van der Waals surface area contributed by atoms with E-state index in [4.69, 9.17) is 4.42 Å².